The minimum absolute atomic E-state index is 0.222. The van der Waals surface area contributed by atoms with E-state index in [4.69, 9.17) is 9.47 Å². The summed E-state index contributed by atoms with van der Waals surface area (Å²) in [6.45, 7) is 6.88. The fourth-order valence-corrected chi connectivity index (χ4v) is 10.1. The Morgan fingerprint density at radius 1 is 0.848 bits per heavy atom. The summed E-state index contributed by atoms with van der Waals surface area (Å²) in [5.74, 6) is 2.70. The molecule has 4 rings (SSSR count). The normalized spacial score (nSPS) is 21.5. The number of methoxy groups -OCH3 is 2. The molecule has 1 aromatic rings. The lowest BCUT2D eigenvalue weighted by Gasteiger charge is -2.39. The highest BCUT2D eigenvalue weighted by Gasteiger charge is 2.38. The number of halogens is 3. The van der Waals surface area contributed by atoms with Crippen LogP contribution >= 0.6 is 7.92 Å². The molecule has 0 aliphatic heterocycles. The zero-order valence-electron chi connectivity index (χ0n) is 20.9. The first kappa shape index (κ1) is 26.4. The zero-order chi connectivity index (χ0) is 24.1. The number of fused-ring (bicyclic) bond motifs is 1. The van der Waals surface area contributed by atoms with Gasteiger partial charge in [0.05, 0.1) is 14.2 Å². The molecule has 0 amide bonds. The second-order valence-electron chi connectivity index (χ2n) is 9.69. The Hall–Kier alpha value is -1.16. The summed E-state index contributed by atoms with van der Waals surface area (Å²) in [7, 11) is -0.141. The number of ether oxygens (including phenoxy) is 2. The van der Waals surface area contributed by atoms with Crippen LogP contribution in [0.5, 0.6) is 11.5 Å². The van der Waals surface area contributed by atoms with Crippen molar-refractivity contribution in [3.8, 4) is 11.5 Å². The number of hydrogen-bond donors (Lipinski definition) is 0. The Balaban J connectivity index is 0.000000709. The molecule has 1 unspecified atom stereocenters. The lowest BCUT2D eigenvalue weighted by molar-refractivity contribution is 0.399. The van der Waals surface area contributed by atoms with E-state index in [0.717, 1.165) is 17.1 Å². The Labute approximate surface area is 199 Å². The average Bonchev–Trinajstić information content (AvgIpc) is 3.04. The molecule has 2 saturated carbocycles. The lowest BCUT2D eigenvalue weighted by Crippen LogP contribution is -2.27. The van der Waals surface area contributed by atoms with E-state index >= 15 is 0 Å². The van der Waals surface area contributed by atoms with Crippen LogP contribution in [0, 0.1) is 0 Å². The third-order valence-electron chi connectivity index (χ3n) is 7.95. The molecular weight excluding hydrogens is 443 g/mol. The summed E-state index contributed by atoms with van der Waals surface area (Å²) >= 11 is 0. The summed E-state index contributed by atoms with van der Waals surface area (Å²) in [5, 5.41) is 1.51. The van der Waals surface area contributed by atoms with Gasteiger partial charge in [0.25, 0.3) is 0 Å². The van der Waals surface area contributed by atoms with Crippen LogP contribution in [-0.2, 0) is 0 Å². The minimum Gasteiger partial charge on any atom is -0.496 e. The van der Waals surface area contributed by atoms with Crippen molar-refractivity contribution in [1.29, 1.82) is 0 Å². The third kappa shape index (κ3) is 5.74. The molecule has 1 atom stereocenters. The Kier molecular flexibility index (Phi) is 9.62. The summed E-state index contributed by atoms with van der Waals surface area (Å²) in [4.78, 5) is 0. The molecule has 1 aromatic carbocycles. The molecule has 184 valence electrons. The molecule has 3 aliphatic carbocycles. The van der Waals surface area contributed by atoms with Crippen LogP contribution in [0.1, 0.15) is 102 Å². The molecule has 0 heterocycles. The average molecular weight is 482 g/mol. The SMILES string of the molecule is COc1cc(P(C2CCCCC2)C2CCCCC2)c(OC)c2c1C(C)C(C)=C2C.FB(F)F. The van der Waals surface area contributed by atoms with Crippen molar-refractivity contribution >= 4 is 26.3 Å². The van der Waals surface area contributed by atoms with E-state index in [1.54, 1.807) is 0 Å². The van der Waals surface area contributed by atoms with Gasteiger partial charge in [-0.05, 0) is 62.5 Å². The molecule has 0 N–H and O–H groups in total. The number of allylic oxidation sites excluding steroid dienone is 2. The quantitative estimate of drug-likeness (QED) is 0.311. The Morgan fingerprint density at radius 2 is 1.33 bits per heavy atom. The molecule has 0 saturated heterocycles. The second-order valence-corrected chi connectivity index (χ2v) is 12.4. The van der Waals surface area contributed by atoms with E-state index in [9.17, 15) is 12.9 Å². The van der Waals surface area contributed by atoms with E-state index in [1.807, 2.05) is 14.2 Å². The maximum atomic E-state index is 9.67. The van der Waals surface area contributed by atoms with Gasteiger partial charge in [0, 0.05) is 22.3 Å². The first-order valence-electron chi connectivity index (χ1n) is 12.5. The zero-order valence-corrected chi connectivity index (χ0v) is 21.7. The predicted molar refractivity (Wildman–Crippen MR) is 136 cm³/mol. The number of rotatable bonds is 5. The Morgan fingerprint density at radius 3 is 1.76 bits per heavy atom. The van der Waals surface area contributed by atoms with Gasteiger partial charge in [-0.2, -0.15) is 0 Å². The van der Waals surface area contributed by atoms with Crippen LogP contribution in [0.4, 0.5) is 12.9 Å². The molecule has 2 fully saturated rings. The molecule has 2 nitrogen and oxygen atoms in total. The highest BCUT2D eigenvalue weighted by Crippen LogP contribution is 2.59. The summed E-state index contributed by atoms with van der Waals surface area (Å²) in [5.41, 5.74) is 7.31. The predicted octanol–water partition coefficient (Wildman–Crippen LogP) is 8.27. The van der Waals surface area contributed by atoms with Gasteiger partial charge in [0.1, 0.15) is 11.5 Å². The van der Waals surface area contributed by atoms with Crippen LogP contribution in [0.25, 0.3) is 5.57 Å². The monoisotopic (exact) mass is 482 g/mol. The smallest absolute Gasteiger partial charge is 0.496 e. The van der Waals surface area contributed by atoms with Gasteiger partial charge >= 0.3 is 7.54 Å². The van der Waals surface area contributed by atoms with Gasteiger partial charge in [-0.25, -0.2) is 0 Å². The van der Waals surface area contributed by atoms with Gasteiger partial charge in [0.2, 0.25) is 0 Å². The van der Waals surface area contributed by atoms with E-state index < -0.39 is 7.54 Å². The molecule has 7 heteroatoms. The highest BCUT2D eigenvalue weighted by molar-refractivity contribution is 7.67. The molecule has 0 radical (unpaired) electrons. The standard InChI is InChI=1S/C26H39O2P.BF3/c1-17-18(2)24-22(27-4)16-23(26(28-5)25(24)19(17)3)29(20-12-8-6-9-13-20)21-14-10-7-11-15-21;2-1(3)4/h16,18,20-21H,6-15H2,1-5H3;. The van der Waals surface area contributed by atoms with E-state index in [0.29, 0.717) is 5.92 Å². The maximum Gasteiger partial charge on any atom is 0.762 e. The fraction of sp³-hybridized carbons (Fsp3) is 0.692. The lowest BCUT2D eigenvalue weighted by atomic mass is 9.97. The van der Waals surface area contributed by atoms with Crippen molar-refractivity contribution in [2.45, 2.75) is 102 Å². The second kappa shape index (κ2) is 12.0. The molecular formula is C26H39BF3O2P. The van der Waals surface area contributed by atoms with Crippen LogP contribution in [0.15, 0.2) is 11.6 Å². The number of hydrogen-bond acceptors (Lipinski definition) is 2. The highest BCUT2D eigenvalue weighted by atomic mass is 31.1. The van der Waals surface area contributed by atoms with Crippen molar-refractivity contribution in [2.24, 2.45) is 0 Å². The van der Waals surface area contributed by atoms with Gasteiger partial charge in [0.15, 0.2) is 0 Å². The topological polar surface area (TPSA) is 18.5 Å². The first-order valence-corrected chi connectivity index (χ1v) is 14.0. The van der Waals surface area contributed by atoms with E-state index in [-0.39, 0.29) is 7.92 Å². The Bertz CT molecular complexity index is 813. The van der Waals surface area contributed by atoms with E-state index in [1.165, 1.54) is 97.5 Å². The van der Waals surface area contributed by atoms with Crippen LogP contribution < -0.4 is 14.8 Å². The molecule has 0 bridgehead atoms. The summed E-state index contributed by atoms with van der Waals surface area (Å²) < 4.78 is 41.3. The van der Waals surface area contributed by atoms with Crippen molar-refractivity contribution in [3.63, 3.8) is 0 Å². The van der Waals surface area contributed by atoms with Gasteiger partial charge in [-0.1, -0.05) is 58.9 Å². The van der Waals surface area contributed by atoms with E-state index in [2.05, 4.69) is 26.8 Å². The minimum atomic E-state index is -3.67. The summed E-state index contributed by atoms with van der Waals surface area (Å²) in [6.07, 6.45) is 14.1. The summed E-state index contributed by atoms with van der Waals surface area (Å²) in [6, 6.07) is 2.41. The van der Waals surface area contributed by atoms with Gasteiger partial charge in [-0.15, -0.1) is 0 Å². The van der Waals surface area contributed by atoms with Gasteiger partial charge in [-0.3, -0.25) is 12.9 Å². The molecule has 33 heavy (non-hydrogen) atoms. The first-order chi connectivity index (χ1) is 15.8. The van der Waals surface area contributed by atoms with Crippen molar-refractivity contribution in [1.82, 2.24) is 0 Å². The van der Waals surface area contributed by atoms with Crippen LogP contribution in [0.3, 0.4) is 0 Å². The van der Waals surface area contributed by atoms with Crippen LogP contribution in [-0.4, -0.2) is 33.1 Å². The van der Waals surface area contributed by atoms with Gasteiger partial charge < -0.3 is 9.47 Å². The largest absolute Gasteiger partial charge is 0.762 e. The fourth-order valence-electron chi connectivity index (χ4n) is 6.16. The molecule has 3 aliphatic rings. The van der Waals surface area contributed by atoms with Crippen molar-refractivity contribution in [3.05, 3.63) is 22.8 Å². The third-order valence-corrected chi connectivity index (χ3v) is 11.4. The van der Waals surface area contributed by atoms with Crippen molar-refractivity contribution in [2.75, 3.05) is 14.2 Å². The van der Waals surface area contributed by atoms with Crippen LogP contribution in [0.2, 0.25) is 0 Å². The van der Waals surface area contributed by atoms with Crippen molar-refractivity contribution < 1.29 is 22.4 Å². The molecule has 0 spiro atoms. The maximum absolute atomic E-state index is 9.67. The molecule has 0 aromatic heterocycles. The number of benzene rings is 1.